The molecule has 1 aliphatic rings. The summed E-state index contributed by atoms with van der Waals surface area (Å²) in [4.78, 5) is 97.9. The number of nitrogens with one attached hydrogen (secondary N) is 8. The largest absolute Gasteiger partial charge is 0.370 e. The van der Waals surface area contributed by atoms with E-state index in [-0.39, 0.29) is 51.0 Å². The van der Waals surface area contributed by atoms with Gasteiger partial charge in [-0.25, -0.2) is 4.98 Å². The lowest BCUT2D eigenvalue weighted by molar-refractivity contribution is -0.136. The van der Waals surface area contributed by atoms with Crippen molar-refractivity contribution in [2.45, 2.75) is 88.5 Å². The van der Waals surface area contributed by atoms with Gasteiger partial charge in [0.1, 0.15) is 30.2 Å². The predicted octanol–water partition coefficient (Wildman–Crippen LogP) is -0.283. The first-order valence-electron chi connectivity index (χ1n) is 19.4. The molecular weight excluding hydrogens is 745 g/mol. The Hall–Kier alpha value is -6.72. The number of imidazole rings is 1. The summed E-state index contributed by atoms with van der Waals surface area (Å²) in [5.41, 5.74) is 13.8. The molecule has 58 heavy (non-hydrogen) atoms. The van der Waals surface area contributed by atoms with Crippen molar-refractivity contribution in [2.75, 3.05) is 13.1 Å². The van der Waals surface area contributed by atoms with Gasteiger partial charge in [-0.15, -0.1) is 0 Å². The number of benzene rings is 2. The minimum Gasteiger partial charge on any atom is -0.370 e. The Balaban J connectivity index is 1.51. The maximum absolute atomic E-state index is 14.3. The molecule has 0 saturated carbocycles. The van der Waals surface area contributed by atoms with Gasteiger partial charge >= 0.3 is 0 Å². The number of fused-ring (bicyclic) bond motifs is 1. The molecule has 3 heterocycles. The quantitative estimate of drug-likeness (QED) is 0.0483. The molecule has 5 rings (SSSR count). The van der Waals surface area contributed by atoms with Crippen LogP contribution in [0.3, 0.4) is 0 Å². The third kappa shape index (κ3) is 12.4. The average molecular weight is 797 g/mol. The first-order valence-corrected chi connectivity index (χ1v) is 19.4. The van der Waals surface area contributed by atoms with Crippen molar-refractivity contribution in [3.05, 3.63) is 90.1 Å². The van der Waals surface area contributed by atoms with E-state index in [9.17, 15) is 28.8 Å². The number of aromatic nitrogens is 3. The summed E-state index contributed by atoms with van der Waals surface area (Å²) in [6.45, 7) is 1.58. The third-order valence-electron chi connectivity index (χ3n) is 9.76. The summed E-state index contributed by atoms with van der Waals surface area (Å²) < 4.78 is 0. The van der Waals surface area contributed by atoms with E-state index in [4.69, 9.17) is 11.5 Å². The molecule has 1 fully saturated rings. The van der Waals surface area contributed by atoms with Gasteiger partial charge in [-0.05, 0) is 36.5 Å². The van der Waals surface area contributed by atoms with E-state index >= 15 is 0 Å². The molecule has 2 aromatic heterocycles. The highest BCUT2D eigenvalue weighted by atomic mass is 16.2. The maximum atomic E-state index is 14.3. The number of aromatic amines is 2. The molecule has 18 heteroatoms. The smallest absolute Gasteiger partial charge is 0.243 e. The van der Waals surface area contributed by atoms with Gasteiger partial charge in [0.05, 0.1) is 12.9 Å². The van der Waals surface area contributed by atoms with Gasteiger partial charge in [-0.3, -0.25) is 33.8 Å². The molecule has 0 spiro atoms. The van der Waals surface area contributed by atoms with Gasteiger partial charge in [-0.2, -0.15) is 0 Å². The van der Waals surface area contributed by atoms with E-state index in [1.165, 1.54) is 12.5 Å². The van der Waals surface area contributed by atoms with E-state index in [1.54, 1.807) is 30.5 Å². The monoisotopic (exact) mass is 796 g/mol. The summed E-state index contributed by atoms with van der Waals surface area (Å²) in [5, 5.41) is 17.3. The van der Waals surface area contributed by atoms with Gasteiger partial charge < -0.3 is 53.3 Å². The number of aliphatic imine (C=N–C) groups is 1. The molecule has 308 valence electrons. The van der Waals surface area contributed by atoms with Crippen LogP contribution in [-0.4, -0.2) is 99.7 Å². The van der Waals surface area contributed by atoms with Crippen LogP contribution >= 0.6 is 0 Å². The second-order valence-corrected chi connectivity index (χ2v) is 14.2. The van der Waals surface area contributed by atoms with E-state index in [0.717, 1.165) is 22.9 Å². The van der Waals surface area contributed by atoms with Gasteiger partial charge in [0.25, 0.3) is 0 Å². The Labute approximate surface area is 335 Å². The van der Waals surface area contributed by atoms with E-state index in [1.807, 2.05) is 37.3 Å². The van der Waals surface area contributed by atoms with Crippen LogP contribution in [0.15, 0.2) is 78.3 Å². The van der Waals surface area contributed by atoms with Crippen LogP contribution in [0.1, 0.15) is 55.8 Å². The summed E-state index contributed by atoms with van der Waals surface area (Å²) in [5.74, 6) is -4.12. The SMILES string of the molecule is CCCC[C@@H]1NC(=O)CNC(=O)[C@H](Cc2c[nH]c3ccccc23)NC(=O)[C@H](CCCN=C(N)N)NC(=O)[C@H](Cc2ccccc2)NC(=O)[C@H](Cc2cnc[nH]2)NC1=O. The van der Waals surface area contributed by atoms with Crippen molar-refractivity contribution in [3.63, 3.8) is 0 Å². The van der Waals surface area contributed by atoms with Gasteiger partial charge in [0.2, 0.25) is 35.4 Å². The minimum absolute atomic E-state index is 0.0185. The zero-order valence-electron chi connectivity index (χ0n) is 32.4. The highest BCUT2D eigenvalue weighted by molar-refractivity contribution is 5.98. The second kappa shape index (κ2) is 21.0. The number of nitrogens with zero attached hydrogens (tertiary/aromatic N) is 2. The van der Waals surface area contributed by atoms with Crippen LogP contribution in [0, 0.1) is 0 Å². The number of amides is 6. The second-order valence-electron chi connectivity index (χ2n) is 14.2. The number of hydrogen-bond acceptors (Lipinski definition) is 8. The van der Waals surface area contributed by atoms with Crippen molar-refractivity contribution < 1.29 is 28.8 Å². The number of carbonyl (C=O) groups is 6. The fourth-order valence-corrected chi connectivity index (χ4v) is 6.69. The molecule has 6 amide bonds. The highest BCUT2D eigenvalue weighted by Gasteiger charge is 2.34. The van der Waals surface area contributed by atoms with Crippen LogP contribution in [0.2, 0.25) is 0 Å². The van der Waals surface area contributed by atoms with Gasteiger partial charge in [-0.1, -0.05) is 68.3 Å². The van der Waals surface area contributed by atoms with Crippen molar-refractivity contribution in [1.29, 1.82) is 0 Å². The standard InChI is InChI=1S/C40H52N12O6/c1-2-3-13-29-36(55)52-33(19-26-21-43-23-47-26)39(58)50-31(17-24-10-5-4-6-11-24)38(57)49-30(15-9-16-44-40(41)42)37(56)51-32(35(54)46-22-34(53)48-29)18-25-20-45-28-14-8-7-12-27(25)28/h4-8,10-12,14,20-21,23,29-33,45H,2-3,9,13,15-19,22H2,1H3,(H,43,47)(H,46,54)(H,48,53)(H,49,57)(H,50,58)(H,51,56)(H,52,55)(H4,41,42,44)/t29-,30-,31-,32-,33-/m0/s1. The van der Waals surface area contributed by atoms with Gasteiger partial charge in [0.15, 0.2) is 5.96 Å². The Morgan fingerprint density at radius 1 is 0.690 bits per heavy atom. The van der Waals surface area contributed by atoms with E-state index in [0.29, 0.717) is 17.7 Å². The number of rotatable bonds is 13. The lowest BCUT2D eigenvalue weighted by Crippen LogP contribution is -2.61. The minimum atomic E-state index is -1.22. The number of para-hydroxylation sites is 1. The Morgan fingerprint density at radius 3 is 1.97 bits per heavy atom. The molecule has 18 nitrogen and oxygen atoms in total. The number of H-pyrrole nitrogens is 2. The zero-order chi connectivity index (χ0) is 41.4. The molecule has 0 radical (unpaired) electrons. The van der Waals surface area contributed by atoms with Crippen molar-refractivity contribution >= 4 is 52.3 Å². The Kier molecular flexibility index (Phi) is 15.3. The summed E-state index contributed by atoms with van der Waals surface area (Å²) in [6, 6.07) is 10.6. The Morgan fingerprint density at radius 2 is 1.29 bits per heavy atom. The van der Waals surface area contributed by atoms with Crippen LogP contribution < -0.4 is 43.4 Å². The molecular formula is C40H52N12O6. The first kappa shape index (κ1) is 42.4. The maximum Gasteiger partial charge on any atom is 0.243 e. The number of hydrogen-bond donors (Lipinski definition) is 10. The molecule has 4 aromatic rings. The molecule has 5 atom stereocenters. The van der Waals surface area contributed by atoms with E-state index < -0.39 is 72.2 Å². The topological polar surface area (TPSA) is 283 Å². The molecule has 12 N–H and O–H groups in total. The fraction of sp³-hybridized carbons (Fsp3) is 0.400. The molecule has 1 aliphatic heterocycles. The number of nitrogens with two attached hydrogens (primary N) is 2. The number of carbonyl (C=O) groups excluding carboxylic acids is 6. The first-order chi connectivity index (χ1) is 28.0. The lowest BCUT2D eigenvalue weighted by Gasteiger charge is -2.28. The van der Waals surface area contributed by atoms with Crippen molar-refractivity contribution in [1.82, 2.24) is 46.9 Å². The highest BCUT2D eigenvalue weighted by Crippen LogP contribution is 2.19. The Bertz CT molecular complexity index is 2050. The molecule has 0 aliphatic carbocycles. The normalized spacial score (nSPS) is 21.4. The zero-order valence-corrected chi connectivity index (χ0v) is 32.4. The lowest BCUT2D eigenvalue weighted by atomic mass is 10.0. The van der Waals surface area contributed by atoms with Gasteiger partial charge in [0, 0.05) is 54.8 Å². The van der Waals surface area contributed by atoms with Crippen LogP contribution in [0.25, 0.3) is 10.9 Å². The number of guanidine groups is 1. The molecule has 1 saturated heterocycles. The molecule has 0 bridgehead atoms. The summed E-state index contributed by atoms with van der Waals surface area (Å²) in [6.07, 6.45) is 6.60. The van der Waals surface area contributed by atoms with Crippen LogP contribution in [0.5, 0.6) is 0 Å². The van der Waals surface area contributed by atoms with E-state index in [2.05, 4.69) is 51.8 Å². The third-order valence-corrected chi connectivity index (χ3v) is 9.76. The predicted molar refractivity (Wildman–Crippen MR) is 217 cm³/mol. The number of unbranched alkanes of at least 4 members (excludes halogenated alkanes) is 1. The van der Waals surface area contributed by atoms with Crippen LogP contribution in [0.4, 0.5) is 0 Å². The molecule has 0 unspecified atom stereocenters. The molecule has 2 aromatic carbocycles. The average Bonchev–Trinajstić information content (AvgIpc) is 3.88. The van der Waals surface area contributed by atoms with Crippen molar-refractivity contribution in [2.24, 2.45) is 16.5 Å². The fourth-order valence-electron chi connectivity index (χ4n) is 6.69. The van der Waals surface area contributed by atoms with Crippen LogP contribution in [-0.2, 0) is 48.0 Å². The summed E-state index contributed by atoms with van der Waals surface area (Å²) >= 11 is 0. The van der Waals surface area contributed by atoms with Crippen molar-refractivity contribution in [3.8, 4) is 0 Å². The summed E-state index contributed by atoms with van der Waals surface area (Å²) in [7, 11) is 0.